The number of hydrogen-bond acceptors (Lipinski definition) is 3. The van der Waals surface area contributed by atoms with E-state index in [4.69, 9.17) is 4.74 Å². The quantitative estimate of drug-likeness (QED) is 0.798. The molecule has 130 valence electrons. The molecule has 0 saturated heterocycles. The smallest absolute Gasteiger partial charge is 0.410 e. The summed E-state index contributed by atoms with van der Waals surface area (Å²) in [6.45, 7) is 13.6. The van der Waals surface area contributed by atoms with Gasteiger partial charge >= 0.3 is 6.09 Å². The Labute approximate surface area is 141 Å². The molecule has 4 nitrogen and oxygen atoms in total. The normalized spacial score (nSPS) is 12.8. The van der Waals surface area contributed by atoms with E-state index in [-0.39, 0.29) is 6.09 Å². The molecular formula is C19H32N2O2. The molecule has 0 bridgehead atoms. The lowest BCUT2D eigenvalue weighted by Crippen LogP contribution is -2.35. The van der Waals surface area contributed by atoms with Crippen LogP contribution in [-0.2, 0) is 4.74 Å². The highest BCUT2D eigenvalue weighted by atomic mass is 16.6. The van der Waals surface area contributed by atoms with Crippen molar-refractivity contribution in [3.05, 3.63) is 34.9 Å². The molecular weight excluding hydrogens is 288 g/mol. The minimum atomic E-state index is -0.443. The largest absolute Gasteiger partial charge is 0.444 e. The van der Waals surface area contributed by atoms with Crippen molar-refractivity contribution in [2.75, 3.05) is 20.1 Å². The number of benzene rings is 1. The van der Waals surface area contributed by atoms with Crippen LogP contribution in [0.3, 0.4) is 0 Å². The number of nitrogens with one attached hydrogen (secondary N) is 1. The van der Waals surface area contributed by atoms with Crippen molar-refractivity contribution in [1.82, 2.24) is 10.2 Å². The molecule has 1 aromatic carbocycles. The molecule has 0 heterocycles. The van der Waals surface area contributed by atoms with E-state index in [2.05, 4.69) is 44.3 Å². The Bertz CT molecular complexity index is 500. The van der Waals surface area contributed by atoms with Crippen molar-refractivity contribution in [3.63, 3.8) is 0 Å². The number of carbonyl (C=O) groups is 1. The number of aryl methyl sites for hydroxylation is 2. The van der Waals surface area contributed by atoms with Gasteiger partial charge in [-0.3, -0.25) is 0 Å². The molecule has 1 aromatic rings. The molecule has 1 unspecified atom stereocenters. The fourth-order valence-corrected chi connectivity index (χ4v) is 2.44. The summed E-state index contributed by atoms with van der Waals surface area (Å²) >= 11 is 0. The molecule has 4 heteroatoms. The molecule has 1 amide bonds. The van der Waals surface area contributed by atoms with Gasteiger partial charge in [-0.25, -0.2) is 4.79 Å². The maximum Gasteiger partial charge on any atom is 0.410 e. The number of rotatable bonds is 6. The van der Waals surface area contributed by atoms with Crippen molar-refractivity contribution in [2.45, 2.75) is 59.6 Å². The Morgan fingerprint density at radius 3 is 2.30 bits per heavy atom. The molecule has 0 fully saturated rings. The predicted octanol–water partition coefficient (Wildman–Crippen LogP) is 4.21. The first-order valence-electron chi connectivity index (χ1n) is 8.34. The van der Waals surface area contributed by atoms with Crippen LogP contribution in [0.15, 0.2) is 18.2 Å². The molecule has 1 rings (SSSR count). The van der Waals surface area contributed by atoms with Gasteiger partial charge in [0.15, 0.2) is 0 Å². The maximum absolute atomic E-state index is 11.9. The zero-order chi connectivity index (χ0) is 17.6. The third-order valence-electron chi connectivity index (χ3n) is 3.57. The fraction of sp³-hybridized carbons (Fsp3) is 0.632. The number of nitrogens with zero attached hydrogens (tertiary/aromatic N) is 1. The third-order valence-corrected chi connectivity index (χ3v) is 3.57. The molecule has 0 radical (unpaired) electrons. The van der Waals surface area contributed by atoms with Gasteiger partial charge in [-0.1, -0.05) is 29.3 Å². The minimum Gasteiger partial charge on any atom is -0.444 e. The first-order valence-corrected chi connectivity index (χ1v) is 8.34. The van der Waals surface area contributed by atoms with Gasteiger partial charge in [-0.05, 0) is 60.1 Å². The lowest BCUT2D eigenvalue weighted by atomic mass is 10.0. The van der Waals surface area contributed by atoms with E-state index >= 15 is 0 Å². The van der Waals surface area contributed by atoms with Crippen LogP contribution in [0.4, 0.5) is 4.79 Å². The zero-order valence-electron chi connectivity index (χ0n) is 15.7. The SMILES string of the molecule is Cc1cc(C)cc(C(C)NCCCN(C)C(=O)OC(C)(C)C)c1. The molecule has 1 N–H and O–H groups in total. The average molecular weight is 320 g/mol. The number of carbonyl (C=O) groups excluding carboxylic acids is 1. The van der Waals surface area contributed by atoms with E-state index in [0.29, 0.717) is 12.6 Å². The molecule has 0 aliphatic rings. The Morgan fingerprint density at radius 2 is 1.78 bits per heavy atom. The van der Waals surface area contributed by atoms with Crippen molar-refractivity contribution >= 4 is 6.09 Å². The third kappa shape index (κ3) is 7.51. The van der Waals surface area contributed by atoms with Crippen molar-refractivity contribution in [1.29, 1.82) is 0 Å². The summed E-state index contributed by atoms with van der Waals surface area (Å²) < 4.78 is 5.34. The summed E-state index contributed by atoms with van der Waals surface area (Å²) in [6.07, 6.45) is 0.630. The van der Waals surface area contributed by atoms with Crippen molar-refractivity contribution < 1.29 is 9.53 Å². The highest BCUT2D eigenvalue weighted by Gasteiger charge is 2.19. The van der Waals surface area contributed by atoms with E-state index < -0.39 is 5.60 Å². The van der Waals surface area contributed by atoms with Crippen molar-refractivity contribution in [2.24, 2.45) is 0 Å². The Morgan fingerprint density at radius 1 is 1.22 bits per heavy atom. The Hall–Kier alpha value is -1.55. The van der Waals surface area contributed by atoms with E-state index in [1.807, 2.05) is 20.8 Å². The summed E-state index contributed by atoms with van der Waals surface area (Å²) in [5.74, 6) is 0. The summed E-state index contributed by atoms with van der Waals surface area (Å²) in [7, 11) is 1.78. The van der Waals surface area contributed by atoms with Gasteiger partial charge in [-0.2, -0.15) is 0 Å². The highest BCUT2D eigenvalue weighted by Crippen LogP contribution is 2.16. The van der Waals surface area contributed by atoms with E-state index in [0.717, 1.165) is 13.0 Å². The average Bonchev–Trinajstić information content (AvgIpc) is 2.40. The zero-order valence-corrected chi connectivity index (χ0v) is 15.7. The number of amides is 1. The van der Waals surface area contributed by atoms with Crippen LogP contribution in [0.2, 0.25) is 0 Å². The molecule has 23 heavy (non-hydrogen) atoms. The molecule has 0 aliphatic carbocycles. The molecule has 0 aliphatic heterocycles. The van der Waals surface area contributed by atoms with Gasteiger partial charge in [0.25, 0.3) is 0 Å². The van der Waals surface area contributed by atoms with E-state index in [9.17, 15) is 4.79 Å². The second-order valence-corrected chi connectivity index (χ2v) is 7.35. The summed E-state index contributed by atoms with van der Waals surface area (Å²) in [5, 5.41) is 3.52. The lowest BCUT2D eigenvalue weighted by Gasteiger charge is -2.25. The van der Waals surface area contributed by atoms with Gasteiger partial charge in [0.05, 0.1) is 0 Å². The highest BCUT2D eigenvalue weighted by molar-refractivity contribution is 5.67. The summed E-state index contributed by atoms with van der Waals surface area (Å²) in [4.78, 5) is 13.5. The summed E-state index contributed by atoms with van der Waals surface area (Å²) in [6, 6.07) is 6.93. The van der Waals surface area contributed by atoms with E-state index in [1.54, 1.807) is 11.9 Å². The topological polar surface area (TPSA) is 41.6 Å². The monoisotopic (exact) mass is 320 g/mol. The summed E-state index contributed by atoms with van der Waals surface area (Å²) in [5.41, 5.74) is 3.45. The number of ether oxygens (including phenoxy) is 1. The van der Waals surface area contributed by atoms with Crippen LogP contribution in [0.1, 0.15) is 56.8 Å². The second-order valence-electron chi connectivity index (χ2n) is 7.35. The van der Waals surface area contributed by atoms with Gasteiger partial charge in [0.2, 0.25) is 0 Å². The fourth-order valence-electron chi connectivity index (χ4n) is 2.44. The maximum atomic E-state index is 11.9. The Kier molecular flexibility index (Phi) is 7.07. The molecule has 0 aromatic heterocycles. The standard InChI is InChI=1S/C19H32N2O2/c1-14-11-15(2)13-17(12-14)16(3)20-9-8-10-21(7)18(22)23-19(4,5)6/h11-13,16,20H,8-10H2,1-7H3. The van der Waals surface area contributed by atoms with Crippen molar-refractivity contribution in [3.8, 4) is 0 Å². The van der Waals surface area contributed by atoms with Gasteiger partial charge in [-0.15, -0.1) is 0 Å². The second kappa shape index (κ2) is 8.34. The van der Waals surface area contributed by atoms with Crippen LogP contribution >= 0.6 is 0 Å². The molecule has 0 saturated carbocycles. The first kappa shape index (κ1) is 19.5. The van der Waals surface area contributed by atoms with Crippen LogP contribution < -0.4 is 5.32 Å². The Balaban J connectivity index is 2.35. The first-order chi connectivity index (χ1) is 10.6. The minimum absolute atomic E-state index is 0.264. The van der Waals surface area contributed by atoms with E-state index in [1.165, 1.54) is 16.7 Å². The van der Waals surface area contributed by atoms with Gasteiger partial charge in [0, 0.05) is 19.6 Å². The van der Waals surface area contributed by atoms with Crippen LogP contribution in [0, 0.1) is 13.8 Å². The lowest BCUT2D eigenvalue weighted by molar-refractivity contribution is 0.0297. The molecule has 0 spiro atoms. The van der Waals surface area contributed by atoms with Gasteiger partial charge in [0.1, 0.15) is 5.60 Å². The van der Waals surface area contributed by atoms with Crippen LogP contribution in [-0.4, -0.2) is 36.7 Å². The van der Waals surface area contributed by atoms with Crippen LogP contribution in [0.25, 0.3) is 0 Å². The van der Waals surface area contributed by atoms with Gasteiger partial charge < -0.3 is 15.0 Å². The molecule has 1 atom stereocenters. The predicted molar refractivity (Wildman–Crippen MR) is 95.8 cm³/mol. The number of hydrogen-bond donors (Lipinski definition) is 1. The van der Waals surface area contributed by atoms with Crippen LogP contribution in [0.5, 0.6) is 0 Å².